The van der Waals surface area contributed by atoms with Crippen LogP contribution in [0.1, 0.15) is 99.9 Å². The summed E-state index contributed by atoms with van der Waals surface area (Å²) < 4.78 is 13.4. The molecule has 6 heteroatoms. The second kappa shape index (κ2) is 26.4. The number of anilines is 6. The Bertz CT molecular complexity index is 5540. The van der Waals surface area contributed by atoms with Gasteiger partial charge in [0.1, 0.15) is 12.2 Å². The first-order valence-corrected chi connectivity index (χ1v) is 37.2. The van der Waals surface area contributed by atoms with Crippen molar-refractivity contribution in [2.45, 2.75) is 90.3 Å². The molecule has 5 aliphatic carbocycles. The summed E-state index contributed by atoms with van der Waals surface area (Å²) in [4.78, 5) is 4.74. The van der Waals surface area contributed by atoms with E-state index in [-0.39, 0.29) is 29.2 Å². The van der Waals surface area contributed by atoms with E-state index < -0.39 is 0 Å². The number of hydrogen-bond acceptors (Lipinski definition) is 4. The van der Waals surface area contributed by atoms with E-state index in [0.29, 0.717) is 0 Å². The minimum absolute atomic E-state index is 0.0685. The number of rotatable bonds is 10. The molecular weight excluding hydrogens is 1330 g/mol. The first kappa shape index (κ1) is 66.3. The van der Waals surface area contributed by atoms with E-state index in [9.17, 15) is 0 Å². The smallest absolute Gasteiger partial charge is 0.399 e. The first-order chi connectivity index (χ1) is 50.4. The van der Waals surface area contributed by atoms with E-state index in [1.54, 1.807) is 0 Å². The molecule has 0 aromatic heterocycles. The van der Waals surface area contributed by atoms with Crippen molar-refractivity contribution in [3.8, 4) is 66.8 Å². The van der Waals surface area contributed by atoms with E-state index in [1.165, 1.54) is 128 Å². The number of fused-ring (bicyclic) bond motifs is 11. The zero-order valence-corrected chi connectivity index (χ0v) is 61.8. The van der Waals surface area contributed by atoms with Gasteiger partial charge in [-0.15, -0.1) is 0 Å². The van der Waals surface area contributed by atoms with Gasteiger partial charge in [0, 0.05) is 55.7 Å². The Morgan fingerprint density at radius 3 is 1.26 bits per heavy atom. The highest BCUT2D eigenvalue weighted by molar-refractivity contribution is 9.10. The first-order valence-electron chi connectivity index (χ1n) is 36.4. The molecular formula is C98H81BBrN2O2+. The van der Waals surface area contributed by atoms with Gasteiger partial charge in [-0.1, -0.05) is 236 Å². The van der Waals surface area contributed by atoms with Crippen molar-refractivity contribution < 1.29 is 9.31 Å². The molecule has 13 aromatic rings. The van der Waals surface area contributed by atoms with Crippen molar-refractivity contribution in [2.75, 3.05) is 9.80 Å². The molecule has 1 heterocycles. The Morgan fingerprint density at radius 1 is 0.327 bits per heavy atom. The zero-order chi connectivity index (χ0) is 71.1. The van der Waals surface area contributed by atoms with E-state index in [4.69, 9.17) is 9.31 Å². The maximum Gasteiger partial charge on any atom is 0.494 e. The summed E-state index contributed by atoms with van der Waals surface area (Å²) in [6, 6.07) is 110. The highest BCUT2D eigenvalue weighted by Gasteiger charge is 2.52. The van der Waals surface area contributed by atoms with Crippen LogP contribution in [0.15, 0.2) is 332 Å². The van der Waals surface area contributed by atoms with E-state index in [1.807, 2.05) is 6.08 Å². The maximum atomic E-state index is 6.18. The molecule has 1 fully saturated rings. The van der Waals surface area contributed by atoms with Gasteiger partial charge in [0.05, 0.1) is 33.8 Å². The monoisotopic (exact) mass is 1410 g/mol. The van der Waals surface area contributed by atoms with Crippen LogP contribution in [-0.4, -0.2) is 18.3 Å². The molecule has 504 valence electrons. The van der Waals surface area contributed by atoms with Crippen LogP contribution >= 0.6 is 15.9 Å². The molecule has 0 unspecified atom stereocenters. The Kier molecular flexibility index (Phi) is 16.8. The third-order valence-corrected chi connectivity index (χ3v) is 23.3. The third kappa shape index (κ3) is 12.0. The van der Waals surface area contributed by atoms with Crippen LogP contribution in [0.25, 0.3) is 72.3 Å². The largest absolute Gasteiger partial charge is 0.494 e. The SMILES string of the molecule is CC1(C)C2=C(C=C[C+]=C2)c2ccc(N(c3ccc(Br)cc3)c3ccc(-c4ccccc4)cc3)cc21.CC1(C)OB(c2ccc3c(c2)-c2ccccc2C3)OC1(C)C.CC1(C)c2ccccc2-c2ccc(N(c3ccc(-c4ccccc4)cc3)c3ccc(-c4ccc5c(c4)-c4ccccc4C5)cc3)cc21. The summed E-state index contributed by atoms with van der Waals surface area (Å²) in [5.41, 5.74) is 36.4. The van der Waals surface area contributed by atoms with Crippen LogP contribution in [0, 0.1) is 6.08 Å². The fraction of sp³-hybridized carbons (Fsp3) is 0.143. The number of nitrogens with zero attached hydrogens (tertiary/aromatic N) is 2. The van der Waals surface area contributed by atoms with E-state index >= 15 is 0 Å². The van der Waals surface area contributed by atoms with Crippen LogP contribution < -0.4 is 15.3 Å². The van der Waals surface area contributed by atoms with Crippen LogP contribution in [0.5, 0.6) is 0 Å². The lowest BCUT2D eigenvalue weighted by Gasteiger charge is -2.32. The van der Waals surface area contributed by atoms with Gasteiger partial charge < -0.3 is 19.1 Å². The molecule has 0 saturated carbocycles. The number of allylic oxidation sites excluding steroid dienone is 6. The molecule has 1 aliphatic heterocycles. The lowest BCUT2D eigenvalue weighted by molar-refractivity contribution is 0.00578. The van der Waals surface area contributed by atoms with E-state index in [2.05, 4.69) is 403 Å². The lowest BCUT2D eigenvalue weighted by Crippen LogP contribution is -2.41. The van der Waals surface area contributed by atoms with Crippen molar-refractivity contribution in [3.63, 3.8) is 0 Å². The second-order valence-corrected chi connectivity index (χ2v) is 31.2. The predicted molar refractivity (Wildman–Crippen MR) is 439 cm³/mol. The lowest BCUT2D eigenvalue weighted by atomic mass is 9.77. The average Bonchev–Trinajstić information content (AvgIpc) is 1.51. The quantitative estimate of drug-likeness (QED) is 0.101. The normalized spacial score (nSPS) is 15.5. The number of hydrogen-bond donors (Lipinski definition) is 0. The number of halogens is 1. The van der Waals surface area contributed by atoms with Crippen molar-refractivity contribution >= 4 is 68.2 Å². The topological polar surface area (TPSA) is 24.9 Å². The zero-order valence-electron chi connectivity index (χ0n) is 60.2. The average molecular weight is 1410 g/mol. The summed E-state index contributed by atoms with van der Waals surface area (Å²) in [5.74, 6) is 0. The van der Waals surface area contributed by atoms with Crippen molar-refractivity contribution in [1.82, 2.24) is 0 Å². The Labute approximate surface area is 622 Å². The highest BCUT2D eigenvalue weighted by atomic mass is 79.9. The van der Waals surface area contributed by atoms with Crippen molar-refractivity contribution in [2.24, 2.45) is 0 Å². The molecule has 13 aromatic carbocycles. The van der Waals surface area contributed by atoms with E-state index in [0.717, 1.165) is 51.2 Å². The van der Waals surface area contributed by atoms with Crippen molar-refractivity contribution in [1.29, 1.82) is 0 Å². The molecule has 0 N–H and O–H groups in total. The summed E-state index contributed by atoms with van der Waals surface area (Å²) in [6.07, 6.45) is 11.7. The van der Waals surface area contributed by atoms with Crippen molar-refractivity contribution in [3.05, 3.63) is 382 Å². The minimum Gasteiger partial charge on any atom is -0.399 e. The van der Waals surface area contributed by atoms with Gasteiger partial charge in [-0.25, -0.2) is 0 Å². The fourth-order valence-electron chi connectivity index (χ4n) is 16.3. The van der Waals surface area contributed by atoms with Crippen LogP contribution in [-0.2, 0) is 33.0 Å². The molecule has 0 atom stereocenters. The molecule has 104 heavy (non-hydrogen) atoms. The summed E-state index contributed by atoms with van der Waals surface area (Å²) in [7, 11) is -0.289. The molecule has 6 aliphatic rings. The third-order valence-electron chi connectivity index (χ3n) is 22.7. The highest BCUT2D eigenvalue weighted by Crippen LogP contribution is 2.53. The summed E-state index contributed by atoms with van der Waals surface area (Å²) in [5, 5.41) is 0. The predicted octanol–water partition coefficient (Wildman–Crippen LogP) is 25.5. The molecule has 0 spiro atoms. The molecule has 0 radical (unpaired) electrons. The van der Waals surface area contributed by atoms with Gasteiger partial charge in [-0.3, -0.25) is 0 Å². The standard InChI is InChI=1S/C46H35N.C33H25BrN.C19H21BO2/c1-46(2)44-15-9-8-14-41(44)42-27-26-39(30-45(42)46)47(37-22-18-32(19-23-37)31-10-4-3-5-11-31)38-24-20-33(21-25-38)34-16-17-36-28-35-12-6-7-13-40(35)43(36)29-34;1-33(2)31-11-7-6-10-29(31)30-21-20-28(22-32(30)33)35(27-18-14-25(34)15-19-27)26-16-12-24(13-17-26)23-8-4-3-5-9-23;1-18(2)19(3,4)22-20(21-18)15-10-9-14-11-13-7-5-6-8-16(13)17(14)12-15/h3-27,29-30H,28H2,1-2H3;3-6,8-22H,1-2H3;5-10,12H,11H2,1-4H3/q;+1;. The molecule has 4 nitrogen and oxygen atoms in total. The summed E-state index contributed by atoms with van der Waals surface area (Å²) in [6.45, 7) is 17.7. The van der Waals surface area contributed by atoms with Gasteiger partial charge in [-0.05, 0) is 263 Å². The van der Waals surface area contributed by atoms with Gasteiger partial charge in [0.15, 0.2) is 0 Å². The Hall–Kier alpha value is -10.9. The molecule has 1 saturated heterocycles. The molecule has 19 rings (SSSR count). The van der Waals surface area contributed by atoms with Gasteiger partial charge >= 0.3 is 7.12 Å². The van der Waals surface area contributed by atoms with Crippen LogP contribution in [0.4, 0.5) is 34.1 Å². The fourth-order valence-corrected chi connectivity index (χ4v) is 16.6. The number of benzene rings is 13. The summed E-state index contributed by atoms with van der Waals surface area (Å²) >= 11 is 3.59. The van der Waals surface area contributed by atoms with Crippen LogP contribution in [0.2, 0.25) is 0 Å². The molecule has 0 amide bonds. The van der Waals surface area contributed by atoms with Gasteiger partial charge in [0.25, 0.3) is 0 Å². The maximum absolute atomic E-state index is 6.18. The van der Waals surface area contributed by atoms with Gasteiger partial charge in [-0.2, -0.15) is 0 Å². The minimum atomic E-state index is -0.297. The Balaban J connectivity index is 0.000000123. The van der Waals surface area contributed by atoms with Gasteiger partial charge in [0.2, 0.25) is 0 Å². The van der Waals surface area contributed by atoms with Crippen LogP contribution in [0.3, 0.4) is 0 Å². The Morgan fingerprint density at radius 2 is 0.721 bits per heavy atom. The molecule has 0 bridgehead atoms. The second-order valence-electron chi connectivity index (χ2n) is 30.3.